The number of hydrogen-bond acceptors (Lipinski definition) is 1. The van der Waals surface area contributed by atoms with E-state index in [4.69, 9.17) is 6.42 Å². The van der Waals surface area contributed by atoms with Crippen molar-refractivity contribution in [3.63, 3.8) is 0 Å². The standard InChI is InChI=1S/C14H23N/c1-3-4-5-7-13-10-9-12(2)14-8-6-11-15(13)14/h1,12-14H,4-11H2,2H3/t12-,13+,14-/m0/s1. The monoisotopic (exact) mass is 205 g/mol. The summed E-state index contributed by atoms with van der Waals surface area (Å²) in [5, 5.41) is 0. The average Bonchev–Trinajstić information content (AvgIpc) is 2.71. The van der Waals surface area contributed by atoms with Gasteiger partial charge in [-0.3, -0.25) is 4.90 Å². The summed E-state index contributed by atoms with van der Waals surface area (Å²) < 4.78 is 0. The minimum absolute atomic E-state index is 0.849. The molecule has 0 spiro atoms. The molecule has 15 heavy (non-hydrogen) atoms. The molecule has 1 heteroatoms. The summed E-state index contributed by atoms with van der Waals surface area (Å²) in [6.45, 7) is 3.77. The Labute approximate surface area is 94.2 Å². The zero-order chi connectivity index (χ0) is 10.7. The van der Waals surface area contributed by atoms with Gasteiger partial charge < -0.3 is 0 Å². The average molecular weight is 205 g/mol. The van der Waals surface area contributed by atoms with Crippen LogP contribution >= 0.6 is 0 Å². The van der Waals surface area contributed by atoms with E-state index in [1.807, 2.05) is 0 Å². The maximum absolute atomic E-state index is 5.31. The summed E-state index contributed by atoms with van der Waals surface area (Å²) in [7, 11) is 0. The van der Waals surface area contributed by atoms with Crippen LogP contribution in [-0.2, 0) is 0 Å². The lowest BCUT2D eigenvalue weighted by Gasteiger charge is -2.41. The second-order valence-electron chi connectivity index (χ2n) is 5.25. The van der Waals surface area contributed by atoms with Crippen molar-refractivity contribution in [1.82, 2.24) is 4.90 Å². The molecular formula is C14H23N. The first kappa shape index (κ1) is 11.0. The molecule has 2 heterocycles. The fourth-order valence-electron chi connectivity index (χ4n) is 3.44. The molecule has 2 fully saturated rings. The Balaban J connectivity index is 1.87. The Kier molecular flexibility index (Phi) is 3.70. The first-order chi connectivity index (χ1) is 7.33. The molecule has 0 amide bonds. The Morgan fingerprint density at radius 1 is 1.33 bits per heavy atom. The minimum atomic E-state index is 0.849. The second-order valence-corrected chi connectivity index (χ2v) is 5.25. The predicted octanol–water partition coefficient (Wildman–Crippen LogP) is 3.05. The fraction of sp³-hybridized carbons (Fsp3) is 0.857. The molecule has 3 atom stereocenters. The van der Waals surface area contributed by atoms with Gasteiger partial charge in [0.15, 0.2) is 0 Å². The van der Waals surface area contributed by atoms with Gasteiger partial charge in [0.2, 0.25) is 0 Å². The molecule has 0 aromatic rings. The van der Waals surface area contributed by atoms with E-state index in [1.54, 1.807) is 0 Å². The van der Waals surface area contributed by atoms with Crippen LogP contribution in [0.2, 0.25) is 0 Å². The summed E-state index contributed by atoms with van der Waals surface area (Å²) >= 11 is 0. The van der Waals surface area contributed by atoms with E-state index in [2.05, 4.69) is 17.7 Å². The van der Waals surface area contributed by atoms with Crippen molar-refractivity contribution in [3.8, 4) is 12.3 Å². The van der Waals surface area contributed by atoms with Gasteiger partial charge in [0.25, 0.3) is 0 Å². The zero-order valence-electron chi connectivity index (χ0n) is 9.91. The van der Waals surface area contributed by atoms with Gasteiger partial charge in [-0.2, -0.15) is 0 Å². The van der Waals surface area contributed by atoms with E-state index < -0.39 is 0 Å². The second kappa shape index (κ2) is 5.03. The SMILES string of the molecule is C#CCCC[C@@H]1CC[C@H](C)[C@@H]2CCCN12. The first-order valence-electron chi connectivity index (χ1n) is 6.52. The van der Waals surface area contributed by atoms with E-state index in [0.717, 1.165) is 24.4 Å². The lowest BCUT2D eigenvalue weighted by Crippen LogP contribution is -2.46. The largest absolute Gasteiger partial charge is 0.297 e. The molecule has 2 aliphatic heterocycles. The Bertz CT molecular complexity index is 240. The summed E-state index contributed by atoms with van der Waals surface area (Å²) in [5.41, 5.74) is 0. The van der Waals surface area contributed by atoms with Crippen LogP contribution < -0.4 is 0 Å². The smallest absolute Gasteiger partial charge is 0.0124 e. The number of nitrogens with zero attached hydrogens (tertiary/aromatic N) is 1. The van der Waals surface area contributed by atoms with Crippen LogP contribution in [0.25, 0.3) is 0 Å². The lowest BCUT2D eigenvalue weighted by molar-refractivity contribution is 0.0757. The van der Waals surface area contributed by atoms with Gasteiger partial charge in [-0.05, 0) is 51.0 Å². The van der Waals surface area contributed by atoms with Crippen molar-refractivity contribution in [1.29, 1.82) is 0 Å². The van der Waals surface area contributed by atoms with Crippen LogP contribution in [0, 0.1) is 18.3 Å². The number of terminal acetylenes is 1. The summed E-state index contributed by atoms with van der Waals surface area (Å²) in [4.78, 5) is 2.78. The van der Waals surface area contributed by atoms with Crippen LogP contribution in [-0.4, -0.2) is 23.5 Å². The highest BCUT2D eigenvalue weighted by Crippen LogP contribution is 2.36. The number of rotatable bonds is 3. The molecule has 0 aromatic carbocycles. The third-order valence-electron chi connectivity index (χ3n) is 4.28. The number of piperidine rings is 1. The maximum Gasteiger partial charge on any atom is 0.0124 e. The minimum Gasteiger partial charge on any atom is -0.297 e. The Morgan fingerprint density at radius 2 is 2.20 bits per heavy atom. The predicted molar refractivity (Wildman–Crippen MR) is 64.6 cm³/mol. The van der Waals surface area contributed by atoms with E-state index >= 15 is 0 Å². The molecule has 2 saturated heterocycles. The van der Waals surface area contributed by atoms with Gasteiger partial charge in [0.1, 0.15) is 0 Å². The Hall–Kier alpha value is -0.480. The number of hydrogen-bond donors (Lipinski definition) is 0. The van der Waals surface area contributed by atoms with Crippen LogP contribution in [0.15, 0.2) is 0 Å². The zero-order valence-corrected chi connectivity index (χ0v) is 9.91. The van der Waals surface area contributed by atoms with Gasteiger partial charge in [0, 0.05) is 18.5 Å². The van der Waals surface area contributed by atoms with Crippen LogP contribution in [0.5, 0.6) is 0 Å². The molecule has 0 bridgehead atoms. The third kappa shape index (κ3) is 2.37. The van der Waals surface area contributed by atoms with Crippen LogP contribution in [0.4, 0.5) is 0 Å². The van der Waals surface area contributed by atoms with Crippen molar-refractivity contribution in [2.45, 2.75) is 64.0 Å². The van der Waals surface area contributed by atoms with Crippen molar-refractivity contribution in [2.24, 2.45) is 5.92 Å². The van der Waals surface area contributed by atoms with Crippen molar-refractivity contribution in [2.75, 3.05) is 6.54 Å². The van der Waals surface area contributed by atoms with Gasteiger partial charge >= 0.3 is 0 Å². The van der Waals surface area contributed by atoms with Gasteiger partial charge in [-0.25, -0.2) is 0 Å². The van der Waals surface area contributed by atoms with Crippen molar-refractivity contribution >= 4 is 0 Å². The van der Waals surface area contributed by atoms with Crippen molar-refractivity contribution in [3.05, 3.63) is 0 Å². The number of unbranched alkanes of at least 4 members (excludes halogenated alkanes) is 1. The highest BCUT2D eigenvalue weighted by molar-refractivity contribution is 4.93. The Morgan fingerprint density at radius 3 is 3.00 bits per heavy atom. The summed E-state index contributed by atoms with van der Waals surface area (Å²) in [6.07, 6.45) is 14.5. The molecule has 2 rings (SSSR count). The summed E-state index contributed by atoms with van der Waals surface area (Å²) in [5.74, 6) is 3.68. The molecule has 0 unspecified atom stereocenters. The van der Waals surface area contributed by atoms with E-state index in [0.29, 0.717) is 0 Å². The fourth-order valence-corrected chi connectivity index (χ4v) is 3.44. The molecule has 84 valence electrons. The van der Waals surface area contributed by atoms with E-state index in [-0.39, 0.29) is 0 Å². The molecular weight excluding hydrogens is 182 g/mol. The van der Waals surface area contributed by atoms with Gasteiger partial charge in [0.05, 0.1) is 0 Å². The highest BCUT2D eigenvalue weighted by Gasteiger charge is 2.37. The quantitative estimate of drug-likeness (QED) is 0.505. The van der Waals surface area contributed by atoms with Crippen LogP contribution in [0.3, 0.4) is 0 Å². The molecule has 0 N–H and O–H groups in total. The topological polar surface area (TPSA) is 3.24 Å². The normalized spacial score (nSPS) is 36.1. The highest BCUT2D eigenvalue weighted by atomic mass is 15.2. The van der Waals surface area contributed by atoms with Crippen molar-refractivity contribution < 1.29 is 0 Å². The molecule has 0 aliphatic carbocycles. The van der Waals surface area contributed by atoms with Crippen LogP contribution in [0.1, 0.15) is 51.9 Å². The molecule has 0 radical (unpaired) electrons. The van der Waals surface area contributed by atoms with E-state index in [9.17, 15) is 0 Å². The van der Waals surface area contributed by atoms with E-state index in [1.165, 1.54) is 45.1 Å². The molecule has 2 aliphatic rings. The molecule has 0 saturated carbocycles. The molecule has 1 nitrogen and oxygen atoms in total. The first-order valence-corrected chi connectivity index (χ1v) is 6.52. The molecule has 0 aromatic heterocycles. The maximum atomic E-state index is 5.31. The summed E-state index contributed by atoms with van der Waals surface area (Å²) in [6, 6.07) is 1.75. The van der Waals surface area contributed by atoms with Gasteiger partial charge in [-0.15, -0.1) is 12.3 Å². The lowest BCUT2D eigenvalue weighted by atomic mass is 9.85. The number of fused-ring (bicyclic) bond motifs is 1. The third-order valence-corrected chi connectivity index (χ3v) is 4.28. The van der Waals surface area contributed by atoms with Gasteiger partial charge in [-0.1, -0.05) is 6.92 Å².